The predicted octanol–water partition coefficient (Wildman–Crippen LogP) is 1.14. The number of aliphatic hydroxyl groups is 1. The Kier molecular flexibility index (Phi) is 3.44. The van der Waals surface area contributed by atoms with E-state index in [1.807, 2.05) is 0 Å². The molecule has 4 N–H and O–H groups in total. The van der Waals surface area contributed by atoms with Crippen LogP contribution in [0.3, 0.4) is 0 Å². The summed E-state index contributed by atoms with van der Waals surface area (Å²) in [6, 6.07) is 3.18. The summed E-state index contributed by atoms with van der Waals surface area (Å²) in [6.45, 7) is 1.48. The first-order chi connectivity index (χ1) is 8.30. The molecule has 100 valence electrons. The highest BCUT2D eigenvalue weighted by molar-refractivity contribution is 9.10. The van der Waals surface area contributed by atoms with Crippen molar-refractivity contribution >= 4 is 31.6 Å². The van der Waals surface area contributed by atoms with Crippen LogP contribution in [0.4, 0.5) is 5.69 Å². The number of benzene rings is 1. The van der Waals surface area contributed by atoms with Crippen molar-refractivity contribution in [3.8, 4) is 0 Å². The molecule has 0 atom stereocenters. The number of hydrogen-bond donors (Lipinski definition) is 3. The molecule has 1 fully saturated rings. The summed E-state index contributed by atoms with van der Waals surface area (Å²) in [5.74, 6) is 0. The van der Waals surface area contributed by atoms with Crippen molar-refractivity contribution in [2.24, 2.45) is 0 Å². The van der Waals surface area contributed by atoms with E-state index in [9.17, 15) is 13.5 Å². The minimum absolute atomic E-state index is 0.147. The summed E-state index contributed by atoms with van der Waals surface area (Å²) in [4.78, 5) is 0.147. The van der Waals surface area contributed by atoms with E-state index in [2.05, 4.69) is 20.7 Å². The fourth-order valence-corrected chi connectivity index (χ4v) is 4.12. The molecule has 0 radical (unpaired) electrons. The number of aliphatic hydroxyl groups excluding tert-OH is 1. The molecule has 0 aliphatic heterocycles. The topological polar surface area (TPSA) is 92.4 Å². The van der Waals surface area contributed by atoms with E-state index in [1.54, 1.807) is 13.0 Å². The van der Waals surface area contributed by atoms with Crippen LogP contribution in [0.15, 0.2) is 21.5 Å². The predicted molar refractivity (Wildman–Crippen MR) is 72.7 cm³/mol. The number of hydrogen-bond acceptors (Lipinski definition) is 4. The second kappa shape index (κ2) is 4.48. The van der Waals surface area contributed by atoms with E-state index in [0.29, 0.717) is 28.6 Å². The summed E-state index contributed by atoms with van der Waals surface area (Å²) < 4.78 is 27.7. The fraction of sp³-hybridized carbons (Fsp3) is 0.455. The molecule has 2 rings (SSSR count). The number of nitrogen functional groups attached to an aromatic ring is 1. The van der Waals surface area contributed by atoms with Gasteiger partial charge in [-0.2, -0.15) is 0 Å². The van der Waals surface area contributed by atoms with Crippen LogP contribution < -0.4 is 10.5 Å². The van der Waals surface area contributed by atoms with Gasteiger partial charge in [0.25, 0.3) is 0 Å². The van der Waals surface area contributed by atoms with E-state index >= 15 is 0 Å². The summed E-state index contributed by atoms with van der Waals surface area (Å²) in [6.07, 6.45) is 1.32. The van der Waals surface area contributed by atoms with Gasteiger partial charge in [0.2, 0.25) is 10.0 Å². The van der Waals surface area contributed by atoms with Gasteiger partial charge in [0.1, 0.15) is 0 Å². The van der Waals surface area contributed by atoms with E-state index in [1.165, 1.54) is 6.07 Å². The van der Waals surface area contributed by atoms with Gasteiger partial charge in [-0.1, -0.05) is 15.9 Å². The molecule has 18 heavy (non-hydrogen) atoms. The highest BCUT2D eigenvalue weighted by Crippen LogP contribution is 2.37. The maximum atomic E-state index is 12.3. The minimum atomic E-state index is -3.66. The minimum Gasteiger partial charge on any atom is -0.398 e. The fourth-order valence-electron chi connectivity index (χ4n) is 1.74. The third-order valence-electron chi connectivity index (χ3n) is 3.16. The van der Waals surface area contributed by atoms with Crippen molar-refractivity contribution in [1.29, 1.82) is 0 Å². The average molecular weight is 335 g/mol. The van der Waals surface area contributed by atoms with Crippen molar-refractivity contribution < 1.29 is 13.5 Å². The number of halogens is 1. The van der Waals surface area contributed by atoms with Gasteiger partial charge in [-0.3, -0.25) is 0 Å². The van der Waals surface area contributed by atoms with Crippen molar-refractivity contribution in [2.75, 3.05) is 12.3 Å². The third kappa shape index (κ3) is 2.54. The molecule has 1 aromatic rings. The number of sulfonamides is 1. The molecular weight excluding hydrogens is 320 g/mol. The Hall–Kier alpha value is -0.630. The lowest BCUT2D eigenvalue weighted by molar-refractivity contribution is 0.246. The van der Waals surface area contributed by atoms with Crippen LogP contribution in [0, 0.1) is 6.92 Å². The molecule has 0 unspecified atom stereocenters. The molecule has 1 aliphatic carbocycles. The average Bonchev–Trinajstić information content (AvgIpc) is 3.03. The van der Waals surface area contributed by atoms with Gasteiger partial charge in [-0.05, 0) is 37.5 Å². The lowest BCUT2D eigenvalue weighted by atomic mass is 10.2. The first-order valence-corrected chi connectivity index (χ1v) is 7.78. The molecule has 7 heteroatoms. The van der Waals surface area contributed by atoms with Crippen LogP contribution in [0.2, 0.25) is 0 Å². The Labute approximate surface area is 115 Å². The lowest BCUT2D eigenvalue weighted by Crippen LogP contribution is -2.39. The monoisotopic (exact) mass is 334 g/mol. The van der Waals surface area contributed by atoms with E-state index < -0.39 is 15.6 Å². The zero-order valence-corrected chi connectivity index (χ0v) is 12.3. The van der Waals surface area contributed by atoms with Crippen LogP contribution in [0.25, 0.3) is 0 Å². The Morgan fingerprint density at radius 2 is 2.11 bits per heavy atom. The quantitative estimate of drug-likeness (QED) is 0.720. The van der Waals surface area contributed by atoms with Crippen molar-refractivity contribution in [3.63, 3.8) is 0 Å². The molecule has 0 aromatic heterocycles. The van der Waals surface area contributed by atoms with E-state index in [4.69, 9.17) is 5.73 Å². The first kappa shape index (κ1) is 13.8. The van der Waals surface area contributed by atoms with Gasteiger partial charge in [0.15, 0.2) is 0 Å². The Morgan fingerprint density at radius 3 is 2.61 bits per heavy atom. The van der Waals surface area contributed by atoms with Crippen molar-refractivity contribution in [3.05, 3.63) is 22.2 Å². The smallest absolute Gasteiger partial charge is 0.241 e. The molecule has 0 saturated heterocycles. The normalized spacial score (nSPS) is 17.7. The largest absolute Gasteiger partial charge is 0.398 e. The summed E-state index contributed by atoms with van der Waals surface area (Å²) >= 11 is 3.23. The maximum absolute atomic E-state index is 12.3. The van der Waals surface area contributed by atoms with E-state index in [-0.39, 0.29) is 11.5 Å². The molecule has 0 bridgehead atoms. The number of anilines is 1. The SMILES string of the molecule is Cc1c(N)cc(Br)cc1S(=O)(=O)NC1(CO)CC1. The summed E-state index contributed by atoms with van der Waals surface area (Å²) in [5, 5.41) is 9.18. The second-order valence-corrected chi connectivity index (χ2v) is 7.23. The molecule has 0 heterocycles. The van der Waals surface area contributed by atoms with Crippen LogP contribution in [0.1, 0.15) is 18.4 Å². The van der Waals surface area contributed by atoms with Crippen molar-refractivity contribution in [2.45, 2.75) is 30.2 Å². The Morgan fingerprint density at radius 1 is 1.50 bits per heavy atom. The molecule has 0 amide bonds. The van der Waals surface area contributed by atoms with Gasteiger partial charge in [-0.25, -0.2) is 13.1 Å². The highest BCUT2D eigenvalue weighted by atomic mass is 79.9. The van der Waals surface area contributed by atoms with E-state index in [0.717, 1.165) is 0 Å². The van der Waals surface area contributed by atoms with Gasteiger partial charge in [-0.15, -0.1) is 0 Å². The highest BCUT2D eigenvalue weighted by Gasteiger charge is 2.45. The van der Waals surface area contributed by atoms with Gasteiger partial charge in [0, 0.05) is 10.2 Å². The Balaban J connectivity index is 2.42. The molecule has 0 spiro atoms. The molecule has 1 aromatic carbocycles. The van der Waals surface area contributed by atoms with Gasteiger partial charge < -0.3 is 10.8 Å². The first-order valence-electron chi connectivity index (χ1n) is 5.50. The van der Waals surface area contributed by atoms with Crippen molar-refractivity contribution in [1.82, 2.24) is 4.72 Å². The molecule has 5 nitrogen and oxygen atoms in total. The third-order valence-corrected chi connectivity index (χ3v) is 5.32. The standard InChI is InChI=1S/C11H15BrN2O3S/c1-7-9(13)4-8(12)5-10(7)18(16,17)14-11(6-15)2-3-11/h4-5,14-15H,2-3,6,13H2,1H3. The van der Waals surface area contributed by atoms with Crippen LogP contribution in [0.5, 0.6) is 0 Å². The summed E-state index contributed by atoms with van der Waals surface area (Å²) in [7, 11) is -3.66. The number of nitrogens with one attached hydrogen (secondary N) is 1. The second-order valence-electron chi connectivity index (χ2n) is 4.66. The van der Waals surface area contributed by atoms with Crippen LogP contribution in [-0.4, -0.2) is 25.7 Å². The lowest BCUT2D eigenvalue weighted by Gasteiger charge is -2.17. The van der Waals surface area contributed by atoms with Crippen LogP contribution >= 0.6 is 15.9 Å². The number of nitrogens with two attached hydrogens (primary N) is 1. The Bertz CT molecular complexity index is 582. The van der Waals surface area contributed by atoms with Gasteiger partial charge in [0.05, 0.1) is 17.0 Å². The van der Waals surface area contributed by atoms with Gasteiger partial charge >= 0.3 is 0 Å². The zero-order valence-electron chi connectivity index (χ0n) is 9.90. The molecule has 1 aliphatic rings. The van der Waals surface area contributed by atoms with Crippen LogP contribution in [-0.2, 0) is 10.0 Å². The zero-order chi connectivity index (χ0) is 13.6. The molecular formula is C11H15BrN2O3S. The molecule has 1 saturated carbocycles. The number of rotatable bonds is 4. The maximum Gasteiger partial charge on any atom is 0.241 e. The summed E-state index contributed by atoms with van der Waals surface area (Å²) in [5.41, 5.74) is 6.01.